The van der Waals surface area contributed by atoms with Gasteiger partial charge in [0.25, 0.3) is 5.91 Å². The fourth-order valence-electron chi connectivity index (χ4n) is 2.63. The topological polar surface area (TPSA) is 93.4 Å². The number of esters is 1. The fraction of sp³-hybridized carbons (Fsp3) is 0.316. The third kappa shape index (κ3) is 5.25. The highest BCUT2D eigenvalue weighted by molar-refractivity contribution is 5.90. The van der Waals surface area contributed by atoms with Gasteiger partial charge in [0.05, 0.1) is 38.6 Å². The van der Waals surface area contributed by atoms with Gasteiger partial charge in [0.15, 0.2) is 0 Å². The van der Waals surface area contributed by atoms with Crippen LogP contribution < -0.4 is 5.43 Å². The number of hydrogen-bond donors (Lipinski definition) is 1. The third-order valence-corrected chi connectivity index (χ3v) is 4.07. The maximum absolute atomic E-state index is 11.9. The average Bonchev–Trinajstić information content (AvgIpc) is 3.17. The number of benzene rings is 1. The lowest BCUT2D eigenvalue weighted by molar-refractivity contribution is -0.123. The number of rotatable bonds is 6. The largest absolute Gasteiger partial charge is 0.465 e. The van der Waals surface area contributed by atoms with Crippen LogP contribution in [-0.2, 0) is 14.3 Å². The van der Waals surface area contributed by atoms with Crippen LogP contribution in [0.1, 0.15) is 16.1 Å². The Balaban J connectivity index is 1.53. The standard InChI is InChI=1S/C19H21N3O5/c1-25-19(24)15-4-2-14(3-5-15)17-7-6-16(27-17)12-20-21-18(23)13-22-8-10-26-11-9-22/h2-7,12H,8-11,13H2,1H3,(H,21,23)/b20-12-. The molecule has 3 rings (SSSR count). The first-order valence-electron chi connectivity index (χ1n) is 8.56. The number of nitrogens with zero attached hydrogens (tertiary/aromatic N) is 2. The van der Waals surface area contributed by atoms with E-state index < -0.39 is 0 Å². The van der Waals surface area contributed by atoms with Crippen molar-refractivity contribution in [3.05, 3.63) is 47.7 Å². The number of ether oxygens (including phenoxy) is 2. The smallest absolute Gasteiger partial charge is 0.337 e. The zero-order valence-corrected chi connectivity index (χ0v) is 15.0. The number of carbonyl (C=O) groups is 2. The first kappa shape index (κ1) is 18.8. The zero-order chi connectivity index (χ0) is 19.1. The van der Waals surface area contributed by atoms with E-state index in [0.29, 0.717) is 30.3 Å². The minimum absolute atomic E-state index is 0.182. The maximum atomic E-state index is 11.9. The van der Waals surface area contributed by atoms with E-state index >= 15 is 0 Å². The van der Waals surface area contributed by atoms with E-state index in [1.165, 1.54) is 13.3 Å². The number of carbonyl (C=O) groups excluding carboxylic acids is 2. The molecule has 1 aliphatic rings. The number of hydrogen-bond acceptors (Lipinski definition) is 7. The third-order valence-electron chi connectivity index (χ3n) is 4.07. The maximum Gasteiger partial charge on any atom is 0.337 e. The normalized spacial score (nSPS) is 15.0. The van der Waals surface area contributed by atoms with Gasteiger partial charge in [0.2, 0.25) is 0 Å². The van der Waals surface area contributed by atoms with Gasteiger partial charge in [0.1, 0.15) is 11.5 Å². The molecular weight excluding hydrogens is 350 g/mol. The molecule has 1 fully saturated rings. The molecule has 2 aromatic rings. The van der Waals surface area contributed by atoms with Crippen molar-refractivity contribution in [3.8, 4) is 11.3 Å². The van der Waals surface area contributed by atoms with Gasteiger partial charge >= 0.3 is 5.97 Å². The van der Waals surface area contributed by atoms with Crippen molar-refractivity contribution in [2.75, 3.05) is 40.0 Å². The van der Waals surface area contributed by atoms with Gasteiger partial charge < -0.3 is 13.9 Å². The molecule has 8 heteroatoms. The van der Waals surface area contributed by atoms with E-state index in [2.05, 4.69) is 15.3 Å². The predicted molar refractivity (Wildman–Crippen MR) is 98.5 cm³/mol. The molecule has 0 bridgehead atoms. The van der Waals surface area contributed by atoms with Crippen LogP contribution in [0.25, 0.3) is 11.3 Å². The molecule has 0 radical (unpaired) electrons. The summed E-state index contributed by atoms with van der Waals surface area (Å²) < 4.78 is 15.6. The zero-order valence-electron chi connectivity index (χ0n) is 15.0. The molecule has 0 atom stereocenters. The monoisotopic (exact) mass is 371 g/mol. The number of furan rings is 1. The van der Waals surface area contributed by atoms with Crippen LogP contribution in [0.2, 0.25) is 0 Å². The van der Waals surface area contributed by atoms with Gasteiger partial charge in [-0.05, 0) is 24.3 Å². The highest BCUT2D eigenvalue weighted by atomic mass is 16.5. The van der Waals surface area contributed by atoms with Crippen molar-refractivity contribution in [1.82, 2.24) is 10.3 Å². The first-order chi connectivity index (χ1) is 13.2. The molecule has 0 spiro atoms. The van der Waals surface area contributed by atoms with Crippen LogP contribution >= 0.6 is 0 Å². The molecule has 0 saturated carbocycles. The Morgan fingerprint density at radius 2 is 1.93 bits per heavy atom. The summed E-state index contributed by atoms with van der Waals surface area (Å²) in [5, 5.41) is 3.93. The molecule has 1 aromatic heterocycles. The first-order valence-corrected chi connectivity index (χ1v) is 8.56. The van der Waals surface area contributed by atoms with E-state index in [9.17, 15) is 9.59 Å². The average molecular weight is 371 g/mol. The summed E-state index contributed by atoms with van der Waals surface area (Å²) in [6.07, 6.45) is 1.45. The molecule has 1 saturated heterocycles. The van der Waals surface area contributed by atoms with Crippen LogP contribution in [0.15, 0.2) is 45.9 Å². The summed E-state index contributed by atoms with van der Waals surface area (Å²) in [7, 11) is 1.34. The number of amides is 1. The second-order valence-electron chi connectivity index (χ2n) is 5.95. The minimum Gasteiger partial charge on any atom is -0.465 e. The number of hydrazone groups is 1. The molecule has 1 aromatic carbocycles. The number of nitrogens with one attached hydrogen (secondary N) is 1. The molecule has 1 amide bonds. The van der Waals surface area contributed by atoms with E-state index in [0.717, 1.165) is 18.7 Å². The van der Waals surface area contributed by atoms with Gasteiger partial charge in [-0.1, -0.05) is 12.1 Å². The second-order valence-corrected chi connectivity index (χ2v) is 5.95. The van der Waals surface area contributed by atoms with Crippen molar-refractivity contribution in [2.24, 2.45) is 5.10 Å². The molecular formula is C19H21N3O5. The highest BCUT2D eigenvalue weighted by Crippen LogP contribution is 2.22. The van der Waals surface area contributed by atoms with E-state index in [1.54, 1.807) is 36.4 Å². The molecule has 8 nitrogen and oxygen atoms in total. The molecule has 2 heterocycles. The Labute approximate surface area is 156 Å². The summed E-state index contributed by atoms with van der Waals surface area (Å²) in [4.78, 5) is 25.3. The molecule has 142 valence electrons. The van der Waals surface area contributed by atoms with Gasteiger partial charge in [-0.25, -0.2) is 10.2 Å². The van der Waals surface area contributed by atoms with Crippen molar-refractivity contribution >= 4 is 18.1 Å². The summed E-state index contributed by atoms with van der Waals surface area (Å²) in [6.45, 7) is 3.07. The summed E-state index contributed by atoms with van der Waals surface area (Å²) in [6, 6.07) is 10.4. The van der Waals surface area contributed by atoms with E-state index in [-0.39, 0.29) is 18.4 Å². The Bertz CT molecular complexity index is 807. The van der Waals surface area contributed by atoms with Gasteiger partial charge in [-0.2, -0.15) is 5.10 Å². The van der Waals surface area contributed by atoms with Crippen molar-refractivity contribution in [1.29, 1.82) is 0 Å². The van der Waals surface area contributed by atoms with Crippen LogP contribution in [0.3, 0.4) is 0 Å². The number of morpholine rings is 1. The Morgan fingerprint density at radius 1 is 1.19 bits per heavy atom. The van der Waals surface area contributed by atoms with Crippen LogP contribution in [0.5, 0.6) is 0 Å². The fourth-order valence-corrected chi connectivity index (χ4v) is 2.63. The second kappa shape index (κ2) is 9.11. The lowest BCUT2D eigenvalue weighted by Gasteiger charge is -2.25. The summed E-state index contributed by atoms with van der Waals surface area (Å²) >= 11 is 0. The highest BCUT2D eigenvalue weighted by Gasteiger charge is 2.13. The molecule has 1 aliphatic heterocycles. The SMILES string of the molecule is COC(=O)c1ccc(-c2ccc(/C=N\NC(=O)CN3CCOCC3)o2)cc1. The summed E-state index contributed by atoms with van der Waals surface area (Å²) in [5.74, 6) is 0.571. The molecule has 0 unspecified atom stereocenters. The minimum atomic E-state index is -0.387. The van der Waals surface area contributed by atoms with Gasteiger partial charge in [-0.3, -0.25) is 9.69 Å². The lowest BCUT2D eigenvalue weighted by atomic mass is 10.1. The lowest BCUT2D eigenvalue weighted by Crippen LogP contribution is -2.42. The Hall–Kier alpha value is -2.97. The van der Waals surface area contributed by atoms with Gasteiger partial charge in [-0.15, -0.1) is 0 Å². The van der Waals surface area contributed by atoms with E-state index in [4.69, 9.17) is 9.15 Å². The van der Waals surface area contributed by atoms with Crippen LogP contribution in [-0.4, -0.2) is 62.9 Å². The Kier molecular flexibility index (Phi) is 6.35. The van der Waals surface area contributed by atoms with Crippen molar-refractivity contribution in [3.63, 3.8) is 0 Å². The predicted octanol–water partition coefficient (Wildman–Crippen LogP) is 1.52. The van der Waals surface area contributed by atoms with E-state index in [1.807, 2.05) is 4.90 Å². The van der Waals surface area contributed by atoms with Crippen molar-refractivity contribution in [2.45, 2.75) is 0 Å². The summed E-state index contributed by atoms with van der Waals surface area (Å²) in [5.41, 5.74) is 3.78. The number of methoxy groups -OCH3 is 1. The molecule has 0 aliphatic carbocycles. The Morgan fingerprint density at radius 3 is 2.63 bits per heavy atom. The quantitative estimate of drug-likeness (QED) is 0.470. The van der Waals surface area contributed by atoms with Crippen LogP contribution in [0, 0.1) is 0 Å². The molecule has 1 N–H and O–H groups in total. The van der Waals surface area contributed by atoms with Crippen LogP contribution in [0.4, 0.5) is 0 Å². The molecule has 27 heavy (non-hydrogen) atoms. The van der Waals surface area contributed by atoms with Crippen molar-refractivity contribution < 1.29 is 23.5 Å². The van der Waals surface area contributed by atoms with Gasteiger partial charge in [0, 0.05) is 18.7 Å².